The minimum Gasteiger partial charge on any atom is -0.406 e. The summed E-state index contributed by atoms with van der Waals surface area (Å²) in [4.78, 5) is 16.9. The van der Waals surface area contributed by atoms with E-state index in [0.29, 0.717) is 16.8 Å². The number of nitrogens with zero attached hydrogens (tertiary/aromatic N) is 2. The third-order valence-electron chi connectivity index (χ3n) is 5.28. The fraction of sp³-hybridized carbons (Fsp3) is 0.167. The van der Waals surface area contributed by atoms with Crippen LogP contribution in [0.25, 0.3) is 11.1 Å². The van der Waals surface area contributed by atoms with E-state index >= 15 is 0 Å². The van der Waals surface area contributed by atoms with Gasteiger partial charge in [0.2, 0.25) is 15.9 Å². The van der Waals surface area contributed by atoms with Gasteiger partial charge in [0.25, 0.3) is 0 Å². The maximum absolute atomic E-state index is 13.2. The number of carbonyl (C=O) groups excluding carboxylic acids is 1. The Hall–Kier alpha value is -3.77. The van der Waals surface area contributed by atoms with Crippen molar-refractivity contribution in [3.8, 4) is 16.9 Å². The van der Waals surface area contributed by atoms with Gasteiger partial charge < -0.3 is 10.1 Å². The molecule has 1 amide bonds. The van der Waals surface area contributed by atoms with Crippen LogP contribution >= 0.6 is 0 Å². The Labute approximate surface area is 204 Å². The number of aromatic nitrogens is 1. The van der Waals surface area contributed by atoms with Crippen molar-refractivity contribution >= 4 is 15.9 Å². The van der Waals surface area contributed by atoms with Gasteiger partial charge in [-0.25, -0.2) is 12.8 Å². The van der Waals surface area contributed by atoms with E-state index in [1.54, 1.807) is 18.2 Å². The third kappa shape index (κ3) is 5.89. The molecular weight excluding hydrogens is 502 g/mol. The fourth-order valence-corrected chi connectivity index (χ4v) is 5.09. The van der Waals surface area contributed by atoms with Gasteiger partial charge in [0.15, 0.2) is 0 Å². The normalized spacial score (nSPS) is 16.2. The summed E-state index contributed by atoms with van der Waals surface area (Å²) < 4.78 is 81.0. The summed E-state index contributed by atoms with van der Waals surface area (Å²) in [6.45, 7) is -0.0315. The van der Waals surface area contributed by atoms with Crippen LogP contribution in [0.5, 0.6) is 5.75 Å². The zero-order chi connectivity index (χ0) is 25.9. The summed E-state index contributed by atoms with van der Waals surface area (Å²) in [5.74, 6) is -1.50. The molecule has 0 spiro atoms. The van der Waals surface area contributed by atoms with Crippen molar-refractivity contribution in [2.24, 2.45) is 0 Å². The molecule has 12 heteroatoms. The average molecular weight is 521 g/mol. The molecule has 0 aliphatic carbocycles. The first-order chi connectivity index (χ1) is 17.0. The number of hydrogen-bond acceptors (Lipinski definition) is 5. The van der Waals surface area contributed by atoms with E-state index in [2.05, 4.69) is 15.0 Å². The first kappa shape index (κ1) is 25.3. The number of ether oxygens (including phenoxy) is 1. The van der Waals surface area contributed by atoms with Gasteiger partial charge in [0, 0.05) is 12.7 Å². The van der Waals surface area contributed by atoms with Crippen molar-refractivity contribution in [2.75, 3.05) is 6.54 Å². The number of nitrogens with one attached hydrogen (secondary N) is 1. The number of sulfonamides is 1. The molecule has 1 aliphatic rings. The van der Waals surface area contributed by atoms with Crippen molar-refractivity contribution in [3.05, 3.63) is 90.5 Å². The van der Waals surface area contributed by atoms with E-state index in [1.807, 2.05) is 0 Å². The molecular formula is C24H19F4N3O4S. The summed E-state index contributed by atoms with van der Waals surface area (Å²) >= 11 is 0. The van der Waals surface area contributed by atoms with Crippen LogP contribution in [0.1, 0.15) is 5.69 Å². The summed E-state index contributed by atoms with van der Waals surface area (Å²) in [7, 11) is -4.04. The number of benzene rings is 2. The Balaban J connectivity index is 1.42. The largest absolute Gasteiger partial charge is 0.573 e. The number of pyridine rings is 1. The molecule has 1 unspecified atom stereocenters. The lowest BCUT2D eigenvalue weighted by molar-refractivity contribution is -0.274. The van der Waals surface area contributed by atoms with Gasteiger partial charge in [-0.05, 0) is 59.7 Å². The zero-order valence-corrected chi connectivity index (χ0v) is 19.3. The zero-order valence-electron chi connectivity index (χ0n) is 18.4. The predicted octanol–water partition coefficient (Wildman–Crippen LogP) is 4.03. The van der Waals surface area contributed by atoms with Gasteiger partial charge in [-0.15, -0.1) is 13.2 Å². The minimum absolute atomic E-state index is 0.0143. The maximum atomic E-state index is 13.2. The second-order valence-corrected chi connectivity index (χ2v) is 9.62. The number of hydrogen-bond donors (Lipinski definition) is 1. The van der Waals surface area contributed by atoms with Gasteiger partial charge in [0.1, 0.15) is 17.6 Å². The van der Waals surface area contributed by atoms with E-state index in [0.717, 1.165) is 28.6 Å². The molecule has 1 aliphatic heterocycles. The Morgan fingerprint density at radius 1 is 1.06 bits per heavy atom. The molecule has 0 saturated heterocycles. The molecule has 0 bridgehead atoms. The molecule has 1 aromatic heterocycles. The third-order valence-corrected chi connectivity index (χ3v) is 7.15. The monoisotopic (exact) mass is 521 g/mol. The van der Waals surface area contributed by atoms with Gasteiger partial charge in [-0.3, -0.25) is 9.78 Å². The first-order valence-corrected chi connectivity index (χ1v) is 12.0. The molecule has 4 rings (SSSR count). The summed E-state index contributed by atoms with van der Waals surface area (Å²) in [6.07, 6.45) is -0.287. The molecule has 7 nitrogen and oxygen atoms in total. The van der Waals surface area contributed by atoms with E-state index in [-0.39, 0.29) is 23.7 Å². The van der Waals surface area contributed by atoms with Crippen LogP contribution in [0.2, 0.25) is 0 Å². The molecule has 1 N–H and O–H groups in total. The van der Waals surface area contributed by atoms with Crippen LogP contribution in [0.15, 0.2) is 83.9 Å². The van der Waals surface area contributed by atoms with Crippen LogP contribution in [-0.2, 0) is 21.4 Å². The molecule has 0 saturated carbocycles. The predicted molar refractivity (Wildman–Crippen MR) is 121 cm³/mol. The Morgan fingerprint density at radius 2 is 1.75 bits per heavy atom. The highest BCUT2D eigenvalue weighted by atomic mass is 32.2. The number of rotatable bonds is 7. The van der Waals surface area contributed by atoms with E-state index in [1.165, 1.54) is 36.5 Å². The van der Waals surface area contributed by atoms with Crippen molar-refractivity contribution in [3.63, 3.8) is 0 Å². The highest BCUT2D eigenvalue weighted by Gasteiger charge is 2.36. The van der Waals surface area contributed by atoms with Gasteiger partial charge in [-0.1, -0.05) is 24.3 Å². The minimum atomic E-state index is -4.79. The molecule has 36 heavy (non-hydrogen) atoms. The van der Waals surface area contributed by atoms with Crippen molar-refractivity contribution in [1.82, 2.24) is 14.6 Å². The molecule has 2 aromatic carbocycles. The second kappa shape index (κ2) is 10.1. The Morgan fingerprint density at radius 3 is 2.42 bits per heavy atom. The topological polar surface area (TPSA) is 88.6 Å². The molecule has 0 radical (unpaired) electrons. The average Bonchev–Trinajstić information content (AvgIpc) is 3.34. The number of amides is 1. The van der Waals surface area contributed by atoms with Crippen LogP contribution in [-0.4, -0.2) is 42.6 Å². The highest BCUT2D eigenvalue weighted by Crippen LogP contribution is 2.27. The van der Waals surface area contributed by atoms with Crippen molar-refractivity contribution in [1.29, 1.82) is 0 Å². The van der Waals surface area contributed by atoms with E-state index < -0.39 is 34.2 Å². The number of halogens is 4. The van der Waals surface area contributed by atoms with Crippen LogP contribution in [0.3, 0.4) is 0 Å². The van der Waals surface area contributed by atoms with Crippen LogP contribution < -0.4 is 10.1 Å². The second-order valence-electron chi connectivity index (χ2n) is 7.73. The fourth-order valence-electron chi connectivity index (χ4n) is 3.60. The molecule has 0 fully saturated rings. The quantitative estimate of drug-likeness (QED) is 0.375. The highest BCUT2D eigenvalue weighted by molar-refractivity contribution is 7.89. The summed E-state index contributed by atoms with van der Waals surface area (Å²) in [5.41, 5.74) is 1.70. The lowest BCUT2D eigenvalue weighted by Gasteiger charge is -2.23. The van der Waals surface area contributed by atoms with Crippen LogP contribution in [0.4, 0.5) is 17.6 Å². The summed E-state index contributed by atoms with van der Waals surface area (Å²) in [6, 6.07) is 11.8. The summed E-state index contributed by atoms with van der Waals surface area (Å²) in [5, 5.41) is 2.65. The van der Waals surface area contributed by atoms with Gasteiger partial charge in [0.05, 0.1) is 17.1 Å². The molecule has 2 heterocycles. The SMILES string of the molecule is O=C(NCc1cc(-c2ccc(OC(F)(F)F)cc2)ccn1)C1C=CCN1S(=O)(=O)c1ccc(F)cc1. The number of alkyl halides is 3. The first-order valence-electron chi connectivity index (χ1n) is 10.6. The van der Waals surface area contributed by atoms with Gasteiger partial charge in [-0.2, -0.15) is 4.31 Å². The van der Waals surface area contributed by atoms with Crippen molar-refractivity contribution in [2.45, 2.75) is 23.8 Å². The smallest absolute Gasteiger partial charge is 0.406 e. The molecule has 3 aromatic rings. The Kier molecular flexibility index (Phi) is 7.09. The van der Waals surface area contributed by atoms with E-state index in [9.17, 15) is 30.8 Å². The van der Waals surface area contributed by atoms with Gasteiger partial charge >= 0.3 is 6.36 Å². The lowest BCUT2D eigenvalue weighted by Crippen LogP contribution is -2.45. The molecule has 188 valence electrons. The Bertz CT molecular complexity index is 1380. The van der Waals surface area contributed by atoms with Crippen LogP contribution in [0, 0.1) is 5.82 Å². The maximum Gasteiger partial charge on any atom is 0.573 e. The molecule has 1 atom stereocenters. The number of carbonyl (C=O) groups is 1. The lowest BCUT2D eigenvalue weighted by atomic mass is 10.1. The van der Waals surface area contributed by atoms with E-state index in [4.69, 9.17) is 0 Å². The van der Waals surface area contributed by atoms with Crippen molar-refractivity contribution < 1.29 is 35.5 Å². The standard InChI is InChI=1S/C24H19F4N3O4S/c25-18-5-9-21(10-6-18)36(33,34)31-13-1-2-22(31)23(32)30-15-19-14-17(11-12-29-19)16-3-7-20(8-4-16)35-24(26,27)28/h1-12,14,22H,13,15H2,(H,30,32).